The molecule has 1 aromatic carbocycles. The van der Waals surface area contributed by atoms with Crippen molar-refractivity contribution in [1.82, 2.24) is 10.2 Å². The van der Waals surface area contributed by atoms with Crippen molar-refractivity contribution in [2.45, 2.75) is 19.8 Å². The molecule has 0 saturated carbocycles. The van der Waals surface area contributed by atoms with E-state index in [1.54, 1.807) is 12.1 Å². The number of amidine groups is 1. The molecular formula is C28H27FN4O3. The standard InChI is InChI=1S/C28H27FN4O3/c1-17-3-7-24(18(2)27-28(17)36-12-10-30-27)33-11-9-20-15-31-25(8-5-21(20)16-33)32-22-6-4-19(13-26(34)35)23(29)14-22/h3-4,6-8,14-15,30H,1,9-13,16H2,2H3,(H,31,32)(H,34,35). The first-order valence-corrected chi connectivity index (χ1v) is 11.8. The summed E-state index contributed by atoms with van der Waals surface area (Å²) >= 11 is 0. The van der Waals surface area contributed by atoms with Crippen LogP contribution >= 0.6 is 0 Å². The number of aliphatic carboxylic acids is 1. The van der Waals surface area contributed by atoms with E-state index < -0.39 is 11.8 Å². The Morgan fingerprint density at radius 3 is 3.06 bits per heavy atom. The molecule has 5 rings (SSSR count). The molecular weight excluding hydrogens is 459 g/mol. The lowest BCUT2D eigenvalue weighted by Gasteiger charge is -2.33. The number of hydrogen-bond donors (Lipinski definition) is 3. The fourth-order valence-electron chi connectivity index (χ4n) is 4.64. The normalized spacial score (nSPS) is 19.2. The van der Waals surface area contributed by atoms with Crippen LogP contribution in [0.1, 0.15) is 18.9 Å². The summed E-state index contributed by atoms with van der Waals surface area (Å²) < 4.78 is 20.2. The molecule has 0 aromatic heterocycles. The molecule has 8 heteroatoms. The van der Waals surface area contributed by atoms with Gasteiger partial charge in [0.1, 0.15) is 24.0 Å². The maximum Gasteiger partial charge on any atom is 0.307 e. The van der Waals surface area contributed by atoms with Gasteiger partial charge >= 0.3 is 5.97 Å². The van der Waals surface area contributed by atoms with E-state index in [4.69, 9.17) is 9.84 Å². The maximum atomic E-state index is 14.3. The summed E-state index contributed by atoms with van der Waals surface area (Å²) in [5.74, 6) is -0.301. The van der Waals surface area contributed by atoms with E-state index in [1.165, 1.54) is 12.1 Å². The van der Waals surface area contributed by atoms with Crippen LogP contribution in [-0.4, -0.2) is 48.1 Å². The second-order valence-corrected chi connectivity index (χ2v) is 8.96. The van der Waals surface area contributed by atoms with Crippen molar-refractivity contribution in [2.75, 3.05) is 31.6 Å². The topological polar surface area (TPSA) is 86.2 Å². The molecule has 0 unspecified atom stereocenters. The third-order valence-electron chi connectivity index (χ3n) is 6.51. The Balaban J connectivity index is 1.36. The average Bonchev–Trinajstić information content (AvgIpc) is 3.14. The Kier molecular flexibility index (Phi) is 6.36. The van der Waals surface area contributed by atoms with Gasteiger partial charge in [-0.1, -0.05) is 12.6 Å². The summed E-state index contributed by atoms with van der Waals surface area (Å²) in [6, 6.07) is 4.40. The number of ether oxygens (including phenoxy) is 1. The summed E-state index contributed by atoms with van der Waals surface area (Å²) in [6.45, 7) is 9.15. The Morgan fingerprint density at radius 1 is 1.39 bits per heavy atom. The van der Waals surface area contributed by atoms with Crippen LogP contribution < -0.4 is 10.6 Å². The van der Waals surface area contributed by atoms with Gasteiger partial charge < -0.3 is 25.4 Å². The van der Waals surface area contributed by atoms with E-state index in [1.807, 2.05) is 12.3 Å². The molecule has 1 fully saturated rings. The highest BCUT2D eigenvalue weighted by Crippen LogP contribution is 2.33. The number of fused-ring (bicyclic) bond motifs is 1. The van der Waals surface area contributed by atoms with E-state index in [-0.39, 0.29) is 12.0 Å². The number of nitrogens with zero attached hydrogens (tertiary/aromatic N) is 2. The van der Waals surface area contributed by atoms with Crippen molar-refractivity contribution in [1.29, 1.82) is 0 Å². The third-order valence-corrected chi connectivity index (χ3v) is 6.51. The zero-order valence-electron chi connectivity index (χ0n) is 20.0. The number of anilines is 1. The molecule has 7 nitrogen and oxygen atoms in total. The van der Waals surface area contributed by atoms with Gasteiger partial charge in [0.15, 0.2) is 0 Å². The molecule has 184 valence electrons. The number of carboxylic acids is 1. The third kappa shape index (κ3) is 4.76. The highest BCUT2D eigenvalue weighted by atomic mass is 19.1. The Labute approximate surface area is 209 Å². The second-order valence-electron chi connectivity index (χ2n) is 8.96. The number of aliphatic imine (C=N–C) groups is 1. The Hall–Kier alpha value is -4.29. The van der Waals surface area contributed by atoms with Crippen LogP contribution in [0.2, 0.25) is 0 Å². The quantitative estimate of drug-likeness (QED) is 0.554. The van der Waals surface area contributed by atoms with Gasteiger partial charge in [0.25, 0.3) is 0 Å². The lowest BCUT2D eigenvalue weighted by atomic mass is 9.98. The molecule has 3 N–H and O–H groups in total. The van der Waals surface area contributed by atoms with E-state index in [0.29, 0.717) is 24.7 Å². The van der Waals surface area contributed by atoms with Gasteiger partial charge in [0.05, 0.1) is 18.7 Å². The van der Waals surface area contributed by atoms with E-state index in [9.17, 15) is 9.18 Å². The van der Waals surface area contributed by atoms with Crippen LogP contribution in [0.5, 0.6) is 0 Å². The molecule has 3 heterocycles. The average molecular weight is 487 g/mol. The highest BCUT2D eigenvalue weighted by molar-refractivity contribution is 6.04. The van der Waals surface area contributed by atoms with E-state index in [0.717, 1.165) is 59.0 Å². The van der Waals surface area contributed by atoms with Crippen molar-refractivity contribution in [3.8, 4) is 0 Å². The van der Waals surface area contributed by atoms with Crippen molar-refractivity contribution in [3.05, 3.63) is 106 Å². The monoisotopic (exact) mass is 486 g/mol. The van der Waals surface area contributed by atoms with Crippen LogP contribution in [0, 0.1) is 5.82 Å². The first kappa shape index (κ1) is 23.5. The zero-order chi connectivity index (χ0) is 25.2. The molecule has 1 saturated heterocycles. The van der Waals surface area contributed by atoms with Crippen molar-refractivity contribution < 1.29 is 19.0 Å². The number of allylic oxidation sites excluding steroid dienone is 3. The lowest BCUT2D eigenvalue weighted by Crippen LogP contribution is -2.33. The first-order chi connectivity index (χ1) is 17.4. The van der Waals surface area contributed by atoms with Gasteiger partial charge in [0, 0.05) is 47.9 Å². The van der Waals surface area contributed by atoms with Crippen molar-refractivity contribution in [3.63, 3.8) is 0 Å². The summed E-state index contributed by atoms with van der Waals surface area (Å²) in [7, 11) is 0. The predicted octanol–water partition coefficient (Wildman–Crippen LogP) is 4.18. The fraction of sp³-hybridized carbons (Fsp3) is 0.250. The van der Waals surface area contributed by atoms with Crippen LogP contribution in [0.3, 0.4) is 0 Å². The molecule has 0 amide bonds. The minimum atomic E-state index is -1.07. The highest BCUT2D eigenvalue weighted by Gasteiger charge is 2.26. The van der Waals surface area contributed by atoms with Gasteiger partial charge in [-0.2, -0.15) is 0 Å². The minimum Gasteiger partial charge on any atom is -0.489 e. The van der Waals surface area contributed by atoms with Crippen molar-refractivity contribution in [2.24, 2.45) is 4.99 Å². The number of hydrogen-bond acceptors (Lipinski definition) is 6. The molecule has 0 bridgehead atoms. The SMILES string of the molecule is C=C1C=CC(N2CCC3=CN=C(Nc4ccc(CC(=O)O)c(F)c4)C=C=C3C2)=C(C)C2=C1OCCN2. The number of piperidine rings is 1. The van der Waals surface area contributed by atoms with Gasteiger partial charge in [0.2, 0.25) is 0 Å². The van der Waals surface area contributed by atoms with Crippen LogP contribution in [0.15, 0.2) is 99.4 Å². The summed E-state index contributed by atoms with van der Waals surface area (Å²) in [5, 5.41) is 15.5. The number of likely N-dealkylation sites (tertiary alicyclic amines) is 1. The molecule has 1 aliphatic carbocycles. The number of rotatable bonds is 4. The number of nitrogens with one attached hydrogen (secondary N) is 2. The van der Waals surface area contributed by atoms with Gasteiger partial charge in [-0.05, 0) is 54.3 Å². The van der Waals surface area contributed by atoms with Gasteiger partial charge in [-0.25, -0.2) is 9.38 Å². The number of carbonyl (C=O) groups is 1. The van der Waals surface area contributed by atoms with E-state index >= 15 is 0 Å². The van der Waals surface area contributed by atoms with Crippen LogP contribution in [0.4, 0.5) is 10.1 Å². The summed E-state index contributed by atoms with van der Waals surface area (Å²) in [5.41, 5.74) is 10.2. The van der Waals surface area contributed by atoms with Gasteiger partial charge in [-0.3, -0.25) is 4.79 Å². The Bertz CT molecular complexity index is 1370. The zero-order valence-corrected chi connectivity index (χ0v) is 20.0. The predicted molar refractivity (Wildman–Crippen MR) is 137 cm³/mol. The number of benzene rings is 1. The molecule has 0 atom stereocenters. The van der Waals surface area contributed by atoms with Gasteiger partial charge in [-0.15, -0.1) is 5.73 Å². The first-order valence-electron chi connectivity index (χ1n) is 11.8. The number of halogens is 1. The molecule has 0 radical (unpaired) electrons. The fourth-order valence-corrected chi connectivity index (χ4v) is 4.64. The second kappa shape index (κ2) is 9.76. The van der Waals surface area contributed by atoms with Crippen LogP contribution in [0.25, 0.3) is 0 Å². The summed E-state index contributed by atoms with van der Waals surface area (Å²) in [4.78, 5) is 17.7. The Morgan fingerprint density at radius 2 is 2.25 bits per heavy atom. The largest absolute Gasteiger partial charge is 0.489 e. The van der Waals surface area contributed by atoms with E-state index in [2.05, 4.69) is 45.8 Å². The minimum absolute atomic E-state index is 0.139. The molecule has 3 aliphatic heterocycles. The smallest absolute Gasteiger partial charge is 0.307 e. The molecule has 36 heavy (non-hydrogen) atoms. The lowest BCUT2D eigenvalue weighted by molar-refractivity contribution is -0.136. The van der Waals surface area contributed by atoms with Crippen molar-refractivity contribution >= 4 is 17.5 Å². The summed E-state index contributed by atoms with van der Waals surface area (Å²) in [6.07, 6.45) is 8.15. The molecule has 4 aliphatic rings. The van der Waals surface area contributed by atoms with Crippen LogP contribution in [-0.2, 0) is 16.0 Å². The maximum absolute atomic E-state index is 14.3. The number of carboxylic acid groups (broad SMARTS) is 1. The molecule has 0 spiro atoms. The molecule has 1 aromatic rings.